The molecule has 15 heavy (non-hydrogen) atoms. The molecule has 0 aliphatic carbocycles. The van der Waals surface area contributed by atoms with E-state index >= 15 is 0 Å². The smallest absolute Gasteiger partial charge is 0.113 e. The molecule has 0 saturated heterocycles. The Kier molecular flexibility index (Phi) is 3.92. The van der Waals surface area contributed by atoms with Crippen molar-refractivity contribution < 1.29 is 4.42 Å². The van der Waals surface area contributed by atoms with Crippen LogP contribution in [0.1, 0.15) is 11.3 Å². The average Bonchev–Trinajstić information content (AvgIpc) is 2.71. The summed E-state index contributed by atoms with van der Waals surface area (Å²) in [6.07, 6.45) is 1.72. The van der Waals surface area contributed by atoms with Gasteiger partial charge in [0.05, 0.1) is 12.0 Å². The van der Waals surface area contributed by atoms with E-state index in [1.54, 1.807) is 6.26 Å². The van der Waals surface area contributed by atoms with Gasteiger partial charge in [-0.25, -0.2) is 0 Å². The molecule has 0 radical (unpaired) electrons. The Morgan fingerprint density at radius 3 is 2.80 bits per heavy atom. The number of benzene rings is 1. The zero-order chi connectivity index (χ0) is 10.5. The summed E-state index contributed by atoms with van der Waals surface area (Å²) < 4.78 is 6.40. The predicted octanol–water partition coefficient (Wildman–Crippen LogP) is 4.48. The Balaban J connectivity index is 1.83. The van der Waals surface area contributed by atoms with E-state index in [1.807, 2.05) is 30.0 Å². The van der Waals surface area contributed by atoms with Crippen molar-refractivity contribution in [3.63, 3.8) is 0 Å². The molecule has 78 valence electrons. The molecule has 1 aromatic heterocycles. The molecule has 0 spiro atoms. The Bertz CT molecular complexity index is 411. The summed E-state index contributed by atoms with van der Waals surface area (Å²) >= 11 is 5.32. The largest absolute Gasteiger partial charge is 0.468 e. The molecule has 0 unspecified atom stereocenters. The monoisotopic (exact) mass is 282 g/mol. The highest BCUT2D eigenvalue weighted by Crippen LogP contribution is 2.20. The van der Waals surface area contributed by atoms with Gasteiger partial charge in [0, 0.05) is 10.2 Å². The molecule has 1 aromatic carbocycles. The molecular formula is C12H11BrOS. The highest BCUT2D eigenvalue weighted by Gasteiger charge is 1.97. The first kappa shape index (κ1) is 10.8. The number of hydrogen-bond acceptors (Lipinski definition) is 2. The van der Waals surface area contributed by atoms with Gasteiger partial charge in [0.1, 0.15) is 5.76 Å². The van der Waals surface area contributed by atoms with Gasteiger partial charge in [-0.1, -0.05) is 28.1 Å². The van der Waals surface area contributed by atoms with Crippen molar-refractivity contribution in [2.75, 3.05) is 0 Å². The van der Waals surface area contributed by atoms with Gasteiger partial charge in [0.25, 0.3) is 0 Å². The summed E-state index contributed by atoms with van der Waals surface area (Å²) in [5.41, 5.74) is 1.33. The third-order valence-corrected chi connectivity index (χ3v) is 3.50. The van der Waals surface area contributed by atoms with Crippen LogP contribution in [0.2, 0.25) is 0 Å². The molecule has 0 N–H and O–H groups in total. The zero-order valence-corrected chi connectivity index (χ0v) is 10.6. The number of halogens is 1. The van der Waals surface area contributed by atoms with Crippen LogP contribution in [0.3, 0.4) is 0 Å². The molecule has 0 aliphatic heterocycles. The first-order valence-corrected chi connectivity index (χ1v) is 6.64. The number of furan rings is 1. The lowest BCUT2D eigenvalue weighted by Gasteiger charge is -2.00. The van der Waals surface area contributed by atoms with Crippen molar-refractivity contribution in [2.45, 2.75) is 11.5 Å². The van der Waals surface area contributed by atoms with Gasteiger partial charge in [-0.3, -0.25) is 0 Å². The minimum atomic E-state index is 0.930. The van der Waals surface area contributed by atoms with Crippen molar-refractivity contribution in [1.82, 2.24) is 0 Å². The van der Waals surface area contributed by atoms with Crippen LogP contribution in [0, 0.1) is 0 Å². The summed E-state index contributed by atoms with van der Waals surface area (Å²) in [6, 6.07) is 12.3. The molecule has 3 heteroatoms. The topological polar surface area (TPSA) is 13.1 Å². The summed E-state index contributed by atoms with van der Waals surface area (Å²) in [4.78, 5) is 0. The second-order valence-corrected chi connectivity index (χ2v) is 5.10. The molecular weight excluding hydrogens is 272 g/mol. The van der Waals surface area contributed by atoms with Crippen molar-refractivity contribution in [3.8, 4) is 0 Å². The lowest BCUT2D eigenvalue weighted by molar-refractivity contribution is 0.530. The van der Waals surface area contributed by atoms with Gasteiger partial charge in [-0.15, -0.1) is 11.8 Å². The molecule has 0 saturated carbocycles. The molecule has 0 bridgehead atoms. The average molecular weight is 283 g/mol. The Hall–Kier alpha value is -0.670. The van der Waals surface area contributed by atoms with Crippen molar-refractivity contribution in [3.05, 3.63) is 58.5 Å². The first-order chi connectivity index (χ1) is 7.34. The molecule has 0 amide bonds. The van der Waals surface area contributed by atoms with Crippen molar-refractivity contribution in [2.24, 2.45) is 0 Å². The summed E-state index contributed by atoms with van der Waals surface area (Å²) in [6.45, 7) is 0. The summed E-state index contributed by atoms with van der Waals surface area (Å²) in [5.74, 6) is 2.98. The first-order valence-electron chi connectivity index (χ1n) is 4.69. The molecule has 0 fully saturated rings. The highest BCUT2D eigenvalue weighted by molar-refractivity contribution is 9.10. The van der Waals surface area contributed by atoms with Crippen LogP contribution in [0.4, 0.5) is 0 Å². The molecule has 1 heterocycles. The van der Waals surface area contributed by atoms with E-state index in [0.29, 0.717) is 0 Å². The quantitative estimate of drug-likeness (QED) is 0.821. The van der Waals surface area contributed by atoms with Gasteiger partial charge >= 0.3 is 0 Å². The van der Waals surface area contributed by atoms with Crippen molar-refractivity contribution in [1.29, 1.82) is 0 Å². The standard InChI is InChI=1S/C12H11BrOS/c13-11-4-1-3-10(7-11)8-15-9-12-5-2-6-14-12/h1-7H,8-9H2. The maximum Gasteiger partial charge on any atom is 0.113 e. The second-order valence-electron chi connectivity index (χ2n) is 3.20. The fourth-order valence-electron chi connectivity index (χ4n) is 1.29. The van der Waals surface area contributed by atoms with E-state index in [9.17, 15) is 0 Å². The third-order valence-electron chi connectivity index (χ3n) is 1.98. The summed E-state index contributed by atoms with van der Waals surface area (Å²) in [5, 5.41) is 0. The Morgan fingerprint density at radius 1 is 1.13 bits per heavy atom. The lowest BCUT2D eigenvalue weighted by Crippen LogP contribution is -1.81. The van der Waals surface area contributed by atoms with Gasteiger partial charge in [-0.2, -0.15) is 0 Å². The molecule has 2 aromatic rings. The zero-order valence-electron chi connectivity index (χ0n) is 8.15. The van der Waals surface area contributed by atoms with Crippen LogP contribution in [0.25, 0.3) is 0 Å². The van der Waals surface area contributed by atoms with Crippen LogP contribution >= 0.6 is 27.7 Å². The van der Waals surface area contributed by atoms with Crippen LogP contribution < -0.4 is 0 Å². The third kappa shape index (κ3) is 3.43. The molecule has 0 aliphatic rings. The van der Waals surface area contributed by atoms with E-state index in [2.05, 4.69) is 34.1 Å². The fraction of sp³-hybridized carbons (Fsp3) is 0.167. The van der Waals surface area contributed by atoms with Gasteiger partial charge in [0.2, 0.25) is 0 Å². The fourth-order valence-corrected chi connectivity index (χ4v) is 2.62. The maximum absolute atomic E-state index is 5.27. The molecule has 2 rings (SSSR count). The van der Waals surface area contributed by atoms with E-state index in [0.717, 1.165) is 21.7 Å². The van der Waals surface area contributed by atoms with E-state index in [4.69, 9.17) is 4.42 Å². The Morgan fingerprint density at radius 2 is 2.07 bits per heavy atom. The lowest BCUT2D eigenvalue weighted by atomic mass is 10.2. The molecule has 1 nitrogen and oxygen atoms in total. The second kappa shape index (κ2) is 5.42. The van der Waals surface area contributed by atoms with E-state index < -0.39 is 0 Å². The summed E-state index contributed by atoms with van der Waals surface area (Å²) in [7, 11) is 0. The highest BCUT2D eigenvalue weighted by atomic mass is 79.9. The van der Waals surface area contributed by atoms with Crippen molar-refractivity contribution >= 4 is 27.7 Å². The van der Waals surface area contributed by atoms with E-state index in [-0.39, 0.29) is 0 Å². The minimum absolute atomic E-state index is 0.930. The Labute approximate surface area is 102 Å². The number of hydrogen-bond donors (Lipinski definition) is 0. The number of thioether (sulfide) groups is 1. The van der Waals surface area contributed by atoms with Gasteiger partial charge in [0.15, 0.2) is 0 Å². The van der Waals surface area contributed by atoms with Crippen LogP contribution in [0.5, 0.6) is 0 Å². The normalized spacial score (nSPS) is 10.5. The van der Waals surface area contributed by atoms with Gasteiger partial charge in [-0.05, 0) is 29.8 Å². The van der Waals surface area contributed by atoms with Crippen LogP contribution in [-0.2, 0) is 11.5 Å². The minimum Gasteiger partial charge on any atom is -0.468 e. The maximum atomic E-state index is 5.27. The SMILES string of the molecule is Brc1cccc(CSCc2ccco2)c1. The van der Waals surface area contributed by atoms with Crippen LogP contribution in [-0.4, -0.2) is 0 Å². The molecule has 0 atom stereocenters. The predicted molar refractivity (Wildman–Crippen MR) is 67.8 cm³/mol. The van der Waals surface area contributed by atoms with Gasteiger partial charge < -0.3 is 4.42 Å². The van der Waals surface area contributed by atoms with Crippen LogP contribution in [0.15, 0.2) is 51.6 Å². The number of rotatable bonds is 4. The van der Waals surface area contributed by atoms with E-state index in [1.165, 1.54) is 5.56 Å².